The first-order chi connectivity index (χ1) is 13.0. The molecule has 5 nitrogen and oxygen atoms in total. The molecule has 0 spiro atoms. The minimum atomic E-state index is 0.0321. The van der Waals surface area contributed by atoms with E-state index in [-0.39, 0.29) is 12.5 Å². The molecule has 0 aliphatic carbocycles. The zero-order valence-electron chi connectivity index (χ0n) is 15.9. The third-order valence-corrected chi connectivity index (χ3v) is 5.50. The summed E-state index contributed by atoms with van der Waals surface area (Å²) in [6.07, 6.45) is 2.77. The van der Waals surface area contributed by atoms with Crippen molar-refractivity contribution in [3.63, 3.8) is 0 Å². The highest BCUT2D eigenvalue weighted by Crippen LogP contribution is 2.25. The molecule has 2 aromatic rings. The Labute approximate surface area is 165 Å². The zero-order valence-corrected chi connectivity index (χ0v) is 16.7. The van der Waals surface area contributed by atoms with Crippen molar-refractivity contribution in [3.8, 4) is 5.75 Å². The Bertz CT molecular complexity index is 751. The molecule has 0 atom stereocenters. The van der Waals surface area contributed by atoms with Gasteiger partial charge in [0.1, 0.15) is 5.75 Å². The van der Waals surface area contributed by atoms with Crippen molar-refractivity contribution < 1.29 is 9.53 Å². The molecule has 0 radical (unpaired) electrons. The molecule has 27 heavy (non-hydrogen) atoms. The number of pyridine rings is 1. The van der Waals surface area contributed by atoms with E-state index in [1.54, 1.807) is 0 Å². The van der Waals surface area contributed by atoms with Gasteiger partial charge in [0, 0.05) is 56.1 Å². The van der Waals surface area contributed by atoms with E-state index in [0.717, 1.165) is 61.0 Å². The van der Waals surface area contributed by atoms with Crippen LogP contribution in [0, 0.1) is 13.8 Å². The summed E-state index contributed by atoms with van der Waals surface area (Å²) in [4.78, 5) is 21.1. The van der Waals surface area contributed by atoms with Crippen LogP contribution in [0.25, 0.3) is 0 Å². The van der Waals surface area contributed by atoms with Crippen LogP contribution in [0.15, 0.2) is 36.5 Å². The maximum absolute atomic E-state index is 12.4. The first-order valence-corrected chi connectivity index (χ1v) is 9.70. The lowest BCUT2D eigenvalue weighted by atomic mass is 10.1. The molecule has 3 rings (SSSR count). The number of carbonyl (C=O) groups is 1. The largest absolute Gasteiger partial charge is 0.484 e. The van der Waals surface area contributed by atoms with Crippen molar-refractivity contribution in [1.29, 1.82) is 0 Å². The van der Waals surface area contributed by atoms with E-state index in [0.29, 0.717) is 5.75 Å². The van der Waals surface area contributed by atoms with Crippen LogP contribution in [-0.4, -0.2) is 60.0 Å². The Balaban J connectivity index is 1.42. The van der Waals surface area contributed by atoms with Crippen LogP contribution >= 0.6 is 11.6 Å². The molecule has 1 aliphatic rings. The quantitative estimate of drug-likeness (QED) is 0.764. The van der Waals surface area contributed by atoms with Crippen LogP contribution in [-0.2, 0) is 11.2 Å². The molecule has 0 saturated carbocycles. The van der Waals surface area contributed by atoms with Gasteiger partial charge in [0.25, 0.3) is 5.91 Å². The first kappa shape index (κ1) is 19.6. The predicted octanol–water partition coefficient (Wildman–Crippen LogP) is 3.12. The van der Waals surface area contributed by atoms with E-state index in [2.05, 4.69) is 16.0 Å². The van der Waals surface area contributed by atoms with Crippen molar-refractivity contribution in [3.05, 3.63) is 58.4 Å². The average molecular weight is 388 g/mol. The number of hydrogen-bond acceptors (Lipinski definition) is 4. The van der Waals surface area contributed by atoms with Crippen LogP contribution < -0.4 is 4.74 Å². The van der Waals surface area contributed by atoms with Gasteiger partial charge in [-0.15, -0.1) is 0 Å². The molecule has 1 saturated heterocycles. The van der Waals surface area contributed by atoms with Gasteiger partial charge in [-0.3, -0.25) is 14.7 Å². The van der Waals surface area contributed by atoms with Gasteiger partial charge >= 0.3 is 0 Å². The van der Waals surface area contributed by atoms with Crippen molar-refractivity contribution in [1.82, 2.24) is 14.8 Å². The molecule has 0 bridgehead atoms. The third-order valence-electron chi connectivity index (χ3n) is 4.91. The van der Waals surface area contributed by atoms with Gasteiger partial charge in [-0.25, -0.2) is 0 Å². The van der Waals surface area contributed by atoms with Gasteiger partial charge in [-0.1, -0.05) is 17.7 Å². The summed E-state index contributed by atoms with van der Waals surface area (Å²) in [5.41, 5.74) is 3.03. The Morgan fingerprint density at radius 3 is 2.48 bits per heavy atom. The summed E-state index contributed by atoms with van der Waals surface area (Å²) in [5.74, 6) is 0.723. The van der Waals surface area contributed by atoms with E-state index >= 15 is 0 Å². The molecule has 1 aromatic heterocycles. The van der Waals surface area contributed by atoms with Crippen LogP contribution in [0.5, 0.6) is 5.75 Å². The third kappa shape index (κ3) is 5.44. The summed E-state index contributed by atoms with van der Waals surface area (Å²) in [6.45, 7) is 8.16. The Morgan fingerprint density at radius 1 is 1.15 bits per heavy atom. The highest BCUT2D eigenvalue weighted by molar-refractivity contribution is 6.32. The fourth-order valence-corrected chi connectivity index (χ4v) is 3.37. The molecule has 144 valence electrons. The van der Waals surface area contributed by atoms with Crippen molar-refractivity contribution in [2.24, 2.45) is 0 Å². The van der Waals surface area contributed by atoms with Crippen molar-refractivity contribution >= 4 is 17.5 Å². The van der Waals surface area contributed by atoms with Gasteiger partial charge in [0.15, 0.2) is 6.61 Å². The molecule has 1 aliphatic heterocycles. The van der Waals surface area contributed by atoms with Gasteiger partial charge in [-0.05, 0) is 49.2 Å². The number of amides is 1. The molecule has 6 heteroatoms. The number of halogens is 1. The van der Waals surface area contributed by atoms with E-state index < -0.39 is 0 Å². The Morgan fingerprint density at radius 2 is 1.85 bits per heavy atom. The molecule has 2 heterocycles. The Hall–Kier alpha value is -2.11. The normalized spacial score (nSPS) is 15.0. The number of aryl methyl sites for hydroxylation is 2. The molecule has 1 amide bonds. The summed E-state index contributed by atoms with van der Waals surface area (Å²) in [6, 6.07) is 9.75. The number of ether oxygens (including phenoxy) is 1. The van der Waals surface area contributed by atoms with E-state index in [1.165, 1.54) is 0 Å². The second kappa shape index (κ2) is 9.20. The number of carbonyl (C=O) groups excluding carboxylic acids is 1. The molecular formula is C21H26ClN3O2. The maximum atomic E-state index is 12.4. The van der Waals surface area contributed by atoms with Gasteiger partial charge in [0.2, 0.25) is 0 Å². The number of piperazine rings is 1. The lowest BCUT2D eigenvalue weighted by Gasteiger charge is -2.34. The predicted molar refractivity (Wildman–Crippen MR) is 107 cm³/mol. The maximum Gasteiger partial charge on any atom is 0.260 e. The number of aromatic nitrogens is 1. The summed E-state index contributed by atoms with van der Waals surface area (Å²) >= 11 is 6.17. The number of rotatable bonds is 6. The zero-order chi connectivity index (χ0) is 19.2. The van der Waals surface area contributed by atoms with Gasteiger partial charge in [0.05, 0.1) is 0 Å². The fourth-order valence-electron chi connectivity index (χ4n) is 3.27. The van der Waals surface area contributed by atoms with Gasteiger partial charge < -0.3 is 9.64 Å². The molecule has 0 unspecified atom stereocenters. The minimum Gasteiger partial charge on any atom is -0.484 e. The fraction of sp³-hybridized carbons (Fsp3) is 0.429. The summed E-state index contributed by atoms with van der Waals surface area (Å²) in [7, 11) is 0. The number of benzene rings is 1. The molecule has 1 aromatic carbocycles. The van der Waals surface area contributed by atoms with Gasteiger partial charge in [-0.2, -0.15) is 0 Å². The van der Waals surface area contributed by atoms with Crippen LogP contribution in [0.4, 0.5) is 0 Å². The second-order valence-electron chi connectivity index (χ2n) is 6.95. The monoisotopic (exact) mass is 387 g/mol. The molecular weight excluding hydrogens is 362 g/mol. The summed E-state index contributed by atoms with van der Waals surface area (Å²) < 4.78 is 5.70. The average Bonchev–Trinajstić information content (AvgIpc) is 2.69. The van der Waals surface area contributed by atoms with Crippen molar-refractivity contribution in [2.45, 2.75) is 20.3 Å². The minimum absolute atomic E-state index is 0.0321. The number of nitrogens with zero attached hydrogens (tertiary/aromatic N) is 3. The highest BCUT2D eigenvalue weighted by Gasteiger charge is 2.21. The molecule has 1 fully saturated rings. The SMILES string of the molecule is Cc1cc(OCC(=O)N2CCN(CCc3ccccn3)CC2)cc(C)c1Cl. The topological polar surface area (TPSA) is 45.7 Å². The lowest BCUT2D eigenvalue weighted by Crippen LogP contribution is -2.50. The van der Waals surface area contributed by atoms with Crippen LogP contribution in [0.2, 0.25) is 5.02 Å². The number of hydrogen-bond donors (Lipinski definition) is 0. The summed E-state index contributed by atoms with van der Waals surface area (Å²) in [5, 5.41) is 0.746. The van der Waals surface area contributed by atoms with E-state index in [1.807, 2.05) is 49.2 Å². The smallest absolute Gasteiger partial charge is 0.260 e. The highest BCUT2D eigenvalue weighted by atomic mass is 35.5. The molecule has 0 N–H and O–H groups in total. The standard InChI is InChI=1S/C21H26ClN3O2/c1-16-13-19(14-17(2)21(16)22)27-15-20(26)25-11-9-24(10-12-25)8-6-18-5-3-4-7-23-18/h3-5,7,13-14H,6,8-12,15H2,1-2H3. The van der Waals surface area contributed by atoms with E-state index in [9.17, 15) is 4.79 Å². The van der Waals surface area contributed by atoms with E-state index in [4.69, 9.17) is 16.3 Å². The lowest BCUT2D eigenvalue weighted by molar-refractivity contribution is -0.135. The second-order valence-corrected chi connectivity index (χ2v) is 7.33. The van der Waals surface area contributed by atoms with Crippen LogP contribution in [0.3, 0.4) is 0 Å². The first-order valence-electron chi connectivity index (χ1n) is 9.32. The van der Waals surface area contributed by atoms with Crippen molar-refractivity contribution in [2.75, 3.05) is 39.3 Å². The van der Waals surface area contributed by atoms with Crippen LogP contribution in [0.1, 0.15) is 16.8 Å². The Kier molecular flexibility index (Phi) is 6.69.